The minimum atomic E-state index is -0.461. The molecule has 0 atom stereocenters. The third-order valence-corrected chi connectivity index (χ3v) is 4.51. The first-order valence-electron chi connectivity index (χ1n) is 9.52. The average Bonchev–Trinajstić information content (AvgIpc) is 2.78. The molecule has 0 spiro atoms. The highest BCUT2D eigenvalue weighted by Crippen LogP contribution is 2.19. The van der Waals surface area contributed by atoms with Crippen LogP contribution in [0.2, 0.25) is 0 Å². The number of benzene rings is 3. The van der Waals surface area contributed by atoms with Crippen molar-refractivity contribution in [1.29, 1.82) is 0 Å². The molecule has 30 heavy (non-hydrogen) atoms. The Kier molecular flexibility index (Phi) is 7.05. The lowest BCUT2D eigenvalue weighted by molar-refractivity contribution is -0.128. The van der Waals surface area contributed by atoms with E-state index in [4.69, 9.17) is 0 Å². The largest absolute Gasteiger partial charge is 0.294 e. The first kappa shape index (κ1) is 20.9. The Labute approximate surface area is 173 Å². The molecule has 0 bridgehead atoms. The van der Waals surface area contributed by atoms with Crippen LogP contribution in [0.1, 0.15) is 28.8 Å². The van der Waals surface area contributed by atoms with Crippen LogP contribution < -0.4 is 10.9 Å². The topological polar surface area (TPSA) is 75.3 Å². The van der Waals surface area contributed by atoms with E-state index in [1.807, 2.05) is 42.5 Å². The number of hydrogen-bond donors (Lipinski definition) is 2. The van der Waals surface area contributed by atoms with Crippen LogP contribution in [0.25, 0.3) is 11.1 Å². The summed E-state index contributed by atoms with van der Waals surface area (Å²) in [6, 6.07) is 22.6. The zero-order chi connectivity index (χ0) is 21.3. The van der Waals surface area contributed by atoms with Gasteiger partial charge in [0.2, 0.25) is 11.8 Å². The van der Waals surface area contributed by atoms with Gasteiger partial charge in [-0.05, 0) is 28.8 Å². The summed E-state index contributed by atoms with van der Waals surface area (Å²) in [7, 11) is 0. The van der Waals surface area contributed by atoms with E-state index in [2.05, 4.69) is 10.9 Å². The lowest BCUT2D eigenvalue weighted by Crippen LogP contribution is -2.42. The monoisotopic (exact) mass is 404 g/mol. The number of rotatable bonds is 7. The molecule has 3 aromatic carbocycles. The highest BCUT2D eigenvalue weighted by Gasteiger charge is 2.11. The summed E-state index contributed by atoms with van der Waals surface area (Å²) < 4.78 is 12.9. The molecule has 3 aromatic rings. The Morgan fingerprint density at radius 1 is 0.667 bits per heavy atom. The van der Waals surface area contributed by atoms with Crippen molar-refractivity contribution in [3.63, 3.8) is 0 Å². The molecule has 0 heterocycles. The van der Waals surface area contributed by atoms with Gasteiger partial charge in [-0.25, -0.2) is 4.39 Å². The Bertz CT molecular complexity index is 1020. The zero-order valence-corrected chi connectivity index (χ0v) is 16.2. The van der Waals surface area contributed by atoms with Gasteiger partial charge in [0.25, 0.3) is 0 Å². The maximum Gasteiger partial charge on any atom is 0.242 e. The van der Waals surface area contributed by atoms with Crippen molar-refractivity contribution in [2.75, 3.05) is 0 Å². The SMILES string of the molecule is O=C(CCC(=O)c1ccc(-c2ccccc2)cc1)NNC(=O)Cc1ccc(F)cc1. The first-order chi connectivity index (χ1) is 14.5. The number of hydrogen-bond acceptors (Lipinski definition) is 3. The standard InChI is InChI=1S/C24H21FN2O3/c25-21-12-6-17(7-13-21)16-24(30)27-26-23(29)15-14-22(28)20-10-8-19(9-11-20)18-4-2-1-3-5-18/h1-13H,14-16H2,(H,26,29)(H,27,30). The van der Waals surface area contributed by atoms with Crippen molar-refractivity contribution in [1.82, 2.24) is 10.9 Å². The smallest absolute Gasteiger partial charge is 0.242 e. The molecule has 0 saturated carbocycles. The molecular weight excluding hydrogens is 383 g/mol. The molecule has 0 aliphatic heterocycles. The molecule has 2 N–H and O–H groups in total. The molecule has 3 rings (SSSR count). The summed E-state index contributed by atoms with van der Waals surface area (Å²) in [6.07, 6.45) is -0.00625. The summed E-state index contributed by atoms with van der Waals surface area (Å²) in [6.45, 7) is 0. The molecule has 0 aliphatic carbocycles. The molecule has 152 valence electrons. The van der Waals surface area contributed by atoms with Gasteiger partial charge < -0.3 is 0 Å². The van der Waals surface area contributed by atoms with Crippen LogP contribution in [0.5, 0.6) is 0 Å². The third kappa shape index (κ3) is 6.10. The van der Waals surface area contributed by atoms with E-state index in [1.54, 1.807) is 12.1 Å². The van der Waals surface area contributed by atoms with Crippen molar-refractivity contribution >= 4 is 17.6 Å². The van der Waals surface area contributed by atoms with Gasteiger partial charge in [-0.3, -0.25) is 25.2 Å². The molecule has 0 aromatic heterocycles. The number of ketones is 1. The number of carbonyl (C=O) groups excluding carboxylic acids is 3. The quantitative estimate of drug-likeness (QED) is 0.464. The highest BCUT2D eigenvalue weighted by molar-refractivity contribution is 5.98. The minimum Gasteiger partial charge on any atom is -0.294 e. The van der Waals surface area contributed by atoms with Crippen LogP contribution in [0, 0.1) is 5.82 Å². The van der Waals surface area contributed by atoms with Crippen LogP contribution in [-0.2, 0) is 16.0 Å². The molecule has 2 amide bonds. The number of halogens is 1. The van der Waals surface area contributed by atoms with Gasteiger partial charge in [-0.1, -0.05) is 66.7 Å². The molecule has 5 nitrogen and oxygen atoms in total. The molecule has 6 heteroatoms. The van der Waals surface area contributed by atoms with Crippen LogP contribution in [0.4, 0.5) is 4.39 Å². The second-order valence-electron chi connectivity index (χ2n) is 6.77. The van der Waals surface area contributed by atoms with Gasteiger partial charge in [-0.15, -0.1) is 0 Å². The van der Waals surface area contributed by atoms with Crippen molar-refractivity contribution in [3.05, 3.63) is 95.8 Å². The van der Waals surface area contributed by atoms with E-state index >= 15 is 0 Å². The Morgan fingerprint density at radius 2 is 1.27 bits per heavy atom. The number of hydrazine groups is 1. The van der Waals surface area contributed by atoms with Crippen LogP contribution in [0.3, 0.4) is 0 Å². The predicted molar refractivity (Wildman–Crippen MR) is 112 cm³/mol. The molecule has 0 saturated heterocycles. The normalized spacial score (nSPS) is 10.3. The maximum atomic E-state index is 12.9. The Balaban J connectivity index is 1.42. The predicted octanol–water partition coefficient (Wildman–Crippen LogP) is 3.85. The minimum absolute atomic E-state index is 0.00720. The number of carbonyl (C=O) groups is 3. The van der Waals surface area contributed by atoms with Gasteiger partial charge in [-0.2, -0.15) is 0 Å². The lowest BCUT2D eigenvalue weighted by atomic mass is 10.0. The van der Waals surface area contributed by atoms with E-state index in [9.17, 15) is 18.8 Å². The summed E-state index contributed by atoms with van der Waals surface area (Å²) in [5, 5.41) is 0. The summed E-state index contributed by atoms with van der Waals surface area (Å²) >= 11 is 0. The molecular formula is C24H21FN2O3. The fourth-order valence-corrected chi connectivity index (χ4v) is 2.88. The van der Waals surface area contributed by atoms with Crippen LogP contribution in [0.15, 0.2) is 78.9 Å². The summed E-state index contributed by atoms with van der Waals surface area (Å²) in [4.78, 5) is 36.0. The average molecular weight is 404 g/mol. The van der Waals surface area contributed by atoms with Crippen LogP contribution in [-0.4, -0.2) is 17.6 Å². The van der Waals surface area contributed by atoms with Crippen LogP contribution >= 0.6 is 0 Å². The summed E-state index contributed by atoms with van der Waals surface area (Å²) in [5.41, 5.74) is 7.80. The van der Waals surface area contributed by atoms with Crippen molar-refractivity contribution in [2.45, 2.75) is 19.3 Å². The Hall–Kier alpha value is -3.80. The Morgan fingerprint density at radius 3 is 1.93 bits per heavy atom. The molecule has 0 fully saturated rings. The number of amides is 2. The van der Waals surface area contributed by atoms with Crippen molar-refractivity contribution in [3.8, 4) is 11.1 Å². The van der Waals surface area contributed by atoms with Crippen molar-refractivity contribution < 1.29 is 18.8 Å². The van der Waals surface area contributed by atoms with Gasteiger partial charge >= 0.3 is 0 Å². The van der Waals surface area contributed by atoms with Crippen molar-refractivity contribution in [2.24, 2.45) is 0 Å². The fourth-order valence-electron chi connectivity index (χ4n) is 2.88. The van der Waals surface area contributed by atoms with E-state index < -0.39 is 11.8 Å². The second kappa shape index (κ2) is 10.1. The van der Waals surface area contributed by atoms with Gasteiger partial charge in [0.1, 0.15) is 5.82 Å². The molecule has 0 radical (unpaired) electrons. The zero-order valence-electron chi connectivity index (χ0n) is 16.2. The van der Waals surface area contributed by atoms with E-state index in [0.717, 1.165) is 11.1 Å². The third-order valence-electron chi connectivity index (χ3n) is 4.51. The molecule has 0 aliphatic rings. The molecule has 0 unspecified atom stereocenters. The second-order valence-corrected chi connectivity index (χ2v) is 6.77. The van der Waals surface area contributed by atoms with Gasteiger partial charge in [0.05, 0.1) is 6.42 Å². The van der Waals surface area contributed by atoms with E-state index in [-0.39, 0.29) is 30.9 Å². The van der Waals surface area contributed by atoms with E-state index in [1.165, 1.54) is 24.3 Å². The highest BCUT2D eigenvalue weighted by atomic mass is 19.1. The first-order valence-corrected chi connectivity index (χ1v) is 9.52. The fraction of sp³-hybridized carbons (Fsp3) is 0.125. The number of Topliss-reactive ketones (excluding diaryl/α,β-unsaturated/α-hetero) is 1. The van der Waals surface area contributed by atoms with E-state index in [0.29, 0.717) is 11.1 Å². The lowest BCUT2D eigenvalue weighted by Gasteiger charge is -2.08. The van der Waals surface area contributed by atoms with Gasteiger partial charge in [0.15, 0.2) is 5.78 Å². The van der Waals surface area contributed by atoms with Gasteiger partial charge in [0, 0.05) is 18.4 Å². The summed E-state index contributed by atoms with van der Waals surface area (Å²) in [5.74, 6) is -1.43. The number of nitrogens with one attached hydrogen (secondary N) is 2. The maximum absolute atomic E-state index is 12.9.